The lowest BCUT2D eigenvalue weighted by Crippen LogP contribution is -2.14. The summed E-state index contributed by atoms with van der Waals surface area (Å²) in [4.78, 5) is 0. The number of furan rings is 1. The highest BCUT2D eigenvalue weighted by Crippen LogP contribution is 2.51. The minimum Gasteiger partial charge on any atom is -0.456 e. The zero-order chi connectivity index (χ0) is 32.0. The van der Waals surface area contributed by atoms with Crippen molar-refractivity contribution in [2.75, 3.05) is 0 Å². The summed E-state index contributed by atoms with van der Waals surface area (Å²) in [5.74, 6) is 1.01. The van der Waals surface area contributed by atoms with E-state index in [0.717, 1.165) is 24.2 Å². The third-order valence-electron chi connectivity index (χ3n) is 10.9. The van der Waals surface area contributed by atoms with Crippen LogP contribution in [0.15, 0.2) is 144 Å². The topological polar surface area (TPSA) is 13.1 Å². The van der Waals surface area contributed by atoms with Crippen molar-refractivity contribution in [3.05, 3.63) is 162 Å². The van der Waals surface area contributed by atoms with E-state index in [9.17, 15) is 0 Å². The molecule has 0 unspecified atom stereocenters. The van der Waals surface area contributed by atoms with Crippen LogP contribution in [0.1, 0.15) is 42.7 Å². The van der Waals surface area contributed by atoms with Crippen molar-refractivity contribution >= 4 is 38.6 Å². The Balaban J connectivity index is 1.30. The van der Waals surface area contributed by atoms with Crippen LogP contribution in [0.3, 0.4) is 0 Å². The second-order valence-corrected chi connectivity index (χ2v) is 13.9. The first-order valence-corrected chi connectivity index (χ1v) is 17.1. The van der Waals surface area contributed by atoms with E-state index in [4.69, 9.17) is 4.42 Å². The van der Waals surface area contributed by atoms with Gasteiger partial charge in [0.15, 0.2) is 0 Å². The van der Waals surface area contributed by atoms with E-state index in [1.165, 1.54) is 88.1 Å². The van der Waals surface area contributed by atoms with Gasteiger partial charge in [-0.25, -0.2) is 0 Å². The molecule has 0 saturated heterocycles. The Morgan fingerprint density at radius 2 is 1.15 bits per heavy atom. The molecule has 10 rings (SSSR count). The van der Waals surface area contributed by atoms with Crippen LogP contribution in [0, 0.1) is 0 Å². The van der Waals surface area contributed by atoms with Crippen molar-refractivity contribution < 1.29 is 4.42 Å². The molecular formula is C47H34O. The molecule has 0 aliphatic heterocycles. The maximum Gasteiger partial charge on any atom is 0.135 e. The van der Waals surface area contributed by atoms with Crippen LogP contribution < -0.4 is 0 Å². The average Bonchev–Trinajstić information content (AvgIpc) is 3.62. The van der Waals surface area contributed by atoms with Gasteiger partial charge in [-0.2, -0.15) is 0 Å². The van der Waals surface area contributed by atoms with Gasteiger partial charge >= 0.3 is 0 Å². The van der Waals surface area contributed by atoms with Gasteiger partial charge in [-0.05, 0) is 120 Å². The van der Waals surface area contributed by atoms with Crippen molar-refractivity contribution in [3.8, 4) is 44.5 Å². The SMILES string of the molecule is CC1(C)c2ccccc2-c2cc(-c3c4ccccc4c(-c4ccc5oc6c(c5c4)CCC=C6)c4ccc(-c5ccccc5)cc34)ccc21. The van der Waals surface area contributed by atoms with E-state index in [-0.39, 0.29) is 5.41 Å². The van der Waals surface area contributed by atoms with Gasteiger partial charge in [0.2, 0.25) is 0 Å². The maximum absolute atomic E-state index is 6.29. The second-order valence-electron chi connectivity index (χ2n) is 13.9. The van der Waals surface area contributed by atoms with Crippen LogP contribution >= 0.6 is 0 Å². The van der Waals surface area contributed by atoms with Gasteiger partial charge in [-0.1, -0.05) is 129 Å². The Morgan fingerprint density at radius 3 is 2.00 bits per heavy atom. The number of benzene rings is 7. The zero-order valence-electron chi connectivity index (χ0n) is 27.2. The number of hydrogen-bond acceptors (Lipinski definition) is 1. The molecule has 2 aliphatic rings. The lowest BCUT2D eigenvalue weighted by molar-refractivity contribution is 0.595. The van der Waals surface area contributed by atoms with E-state index < -0.39 is 0 Å². The minimum atomic E-state index is -0.0281. The van der Waals surface area contributed by atoms with Crippen molar-refractivity contribution in [3.63, 3.8) is 0 Å². The lowest BCUT2D eigenvalue weighted by Gasteiger charge is -2.22. The standard InChI is InChI=1S/C47H34O/c1-47(2)41-18-10-8-14-33(41)38-27-31(21-24-42(38)47)46-36-17-7-6-16-35(36)45(37-23-20-30(26-40(37)46)29-12-4-3-5-13-29)32-22-25-44-39(28-32)34-15-9-11-19-43(34)48-44/h3-8,10-14,16-28H,9,15H2,1-2H3. The van der Waals surface area contributed by atoms with Crippen molar-refractivity contribution in [1.82, 2.24) is 0 Å². The Hall–Kier alpha value is -5.66. The fraction of sp³-hybridized carbons (Fsp3) is 0.106. The van der Waals surface area contributed by atoms with Crippen LogP contribution in [0.25, 0.3) is 83.1 Å². The summed E-state index contributed by atoms with van der Waals surface area (Å²) in [6, 6.07) is 49.8. The first kappa shape index (κ1) is 27.5. The van der Waals surface area contributed by atoms with Crippen LogP contribution in [0.2, 0.25) is 0 Å². The van der Waals surface area contributed by atoms with Gasteiger partial charge in [0.1, 0.15) is 11.3 Å². The Morgan fingerprint density at radius 1 is 0.500 bits per heavy atom. The van der Waals surface area contributed by atoms with Crippen LogP contribution in [0.4, 0.5) is 0 Å². The molecule has 1 nitrogen and oxygen atoms in total. The van der Waals surface area contributed by atoms with Crippen molar-refractivity contribution in [1.29, 1.82) is 0 Å². The van der Waals surface area contributed by atoms with E-state index in [2.05, 4.69) is 159 Å². The molecule has 0 saturated carbocycles. The smallest absolute Gasteiger partial charge is 0.135 e. The molecule has 2 aliphatic carbocycles. The molecule has 0 radical (unpaired) electrons. The molecule has 0 fully saturated rings. The number of aryl methyl sites for hydroxylation is 1. The minimum absolute atomic E-state index is 0.0281. The number of rotatable bonds is 3. The van der Waals surface area contributed by atoms with Gasteiger partial charge in [0.25, 0.3) is 0 Å². The first-order chi connectivity index (χ1) is 23.6. The number of allylic oxidation sites excluding steroid dienone is 1. The van der Waals surface area contributed by atoms with Gasteiger partial charge < -0.3 is 4.42 Å². The number of fused-ring (bicyclic) bond motifs is 8. The molecule has 0 amide bonds. The Kier molecular flexibility index (Phi) is 5.82. The summed E-state index contributed by atoms with van der Waals surface area (Å²) in [6.07, 6.45) is 6.42. The fourth-order valence-electron chi connectivity index (χ4n) is 8.62. The highest BCUT2D eigenvalue weighted by atomic mass is 16.3. The predicted octanol–water partition coefficient (Wildman–Crippen LogP) is 13.0. The quantitative estimate of drug-likeness (QED) is 0.180. The lowest BCUT2D eigenvalue weighted by atomic mass is 9.81. The molecule has 0 N–H and O–H groups in total. The molecule has 0 bridgehead atoms. The fourth-order valence-corrected chi connectivity index (χ4v) is 8.62. The van der Waals surface area contributed by atoms with Gasteiger partial charge in [-0.3, -0.25) is 0 Å². The summed E-state index contributed by atoms with van der Waals surface area (Å²) < 4.78 is 6.29. The van der Waals surface area contributed by atoms with Gasteiger partial charge in [0, 0.05) is 16.4 Å². The van der Waals surface area contributed by atoms with Crippen LogP contribution in [0.5, 0.6) is 0 Å². The highest BCUT2D eigenvalue weighted by Gasteiger charge is 2.35. The molecule has 0 atom stereocenters. The molecule has 7 aromatic carbocycles. The zero-order valence-corrected chi connectivity index (χ0v) is 27.2. The van der Waals surface area contributed by atoms with Crippen LogP contribution in [-0.4, -0.2) is 0 Å². The summed E-state index contributed by atoms with van der Waals surface area (Å²) in [5, 5.41) is 6.31. The molecule has 0 spiro atoms. The molecular weight excluding hydrogens is 581 g/mol. The van der Waals surface area contributed by atoms with Crippen molar-refractivity contribution in [2.24, 2.45) is 0 Å². The Bertz CT molecular complexity index is 2630. The maximum atomic E-state index is 6.29. The van der Waals surface area contributed by atoms with Crippen molar-refractivity contribution in [2.45, 2.75) is 32.1 Å². The monoisotopic (exact) mass is 614 g/mol. The second kappa shape index (κ2) is 10.2. The van der Waals surface area contributed by atoms with E-state index in [1.54, 1.807) is 0 Å². The molecule has 1 aromatic heterocycles. The number of hydrogen-bond donors (Lipinski definition) is 0. The summed E-state index contributed by atoms with van der Waals surface area (Å²) >= 11 is 0. The first-order valence-electron chi connectivity index (χ1n) is 17.1. The molecule has 48 heavy (non-hydrogen) atoms. The third-order valence-corrected chi connectivity index (χ3v) is 10.9. The molecule has 1 heteroatoms. The van der Waals surface area contributed by atoms with Gasteiger partial charge in [0.05, 0.1) is 0 Å². The third kappa shape index (κ3) is 3.91. The molecule has 228 valence electrons. The molecule has 8 aromatic rings. The normalized spacial score (nSPS) is 14.4. The predicted molar refractivity (Wildman–Crippen MR) is 202 cm³/mol. The summed E-state index contributed by atoms with van der Waals surface area (Å²) in [6.45, 7) is 4.71. The molecule has 1 heterocycles. The van der Waals surface area contributed by atoms with E-state index in [0.29, 0.717) is 0 Å². The van der Waals surface area contributed by atoms with E-state index in [1.807, 2.05) is 0 Å². The summed E-state index contributed by atoms with van der Waals surface area (Å²) in [7, 11) is 0. The van der Waals surface area contributed by atoms with Crippen LogP contribution in [-0.2, 0) is 11.8 Å². The summed E-state index contributed by atoms with van der Waals surface area (Å²) in [5.41, 5.74) is 15.3. The average molecular weight is 615 g/mol. The van der Waals surface area contributed by atoms with E-state index >= 15 is 0 Å². The Labute approximate surface area is 280 Å². The largest absolute Gasteiger partial charge is 0.456 e. The highest BCUT2D eigenvalue weighted by molar-refractivity contribution is 6.22. The van der Waals surface area contributed by atoms with Gasteiger partial charge in [-0.15, -0.1) is 0 Å².